The van der Waals surface area contributed by atoms with Gasteiger partial charge < -0.3 is 15.5 Å². The molecule has 140 valence electrons. The van der Waals surface area contributed by atoms with Gasteiger partial charge in [0.2, 0.25) is 0 Å². The molecule has 0 saturated carbocycles. The summed E-state index contributed by atoms with van der Waals surface area (Å²) in [7, 11) is 3.74. The number of carbonyl (C=O) groups excluding carboxylic acids is 1. The fraction of sp³-hybridized carbons (Fsp3) is 0.765. The van der Waals surface area contributed by atoms with Gasteiger partial charge in [-0.15, -0.1) is 0 Å². The van der Waals surface area contributed by atoms with Crippen molar-refractivity contribution >= 4 is 11.6 Å². The van der Waals surface area contributed by atoms with Crippen LogP contribution in [-0.4, -0.2) is 92.1 Å². The Balaban J connectivity index is 1.73. The van der Waals surface area contributed by atoms with Crippen molar-refractivity contribution in [2.75, 3.05) is 59.9 Å². The highest BCUT2D eigenvalue weighted by atomic mass is 19.3. The minimum atomic E-state index is -2.59. The van der Waals surface area contributed by atoms with Gasteiger partial charge in [-0.25, -0.2) is 8.78 Å². The number of aliphatic imine (C=N–C) groups is 1. The number of hydrogen-bond donors (Lipinski definition) is 1. The molecule has 1 atom stereocenters. The third-order valence-corrected chi connectivity index (χ3v) is 5.22. The molecule has 25 heavy (non-hydrogen) atoms. The van der Waals surface area contributed by atoms with Gasteiger partial charge in [-0.2, -0.15) is 0 Å². The molecule has 6 nitrogen and oxygen atoms in total. The molecule has 0 radical (unpaired) electrons. The Morgan fingerprint density at radius 1 is 1.32 bits per heavy atom. The molecular formula is C17H27F2N5O. The fourth-order valence-electron chi connectivity index (χ4n) is 3.80. The zero-order chi connectivity index (χ0) is 18.2. The molecule has 1 fully saturated rings. The van der Waals surface area contributed by atoms with E-state index in [1.165, 1.54) is 0 Å². The number of likely N-dealkylation sites (tertiary alicyclic amines) is 1. The van der Waals surface area contributed by atoms with Crippen molar-refractivity contribution in [3.63, 3.8) is 0 Å². The Hall–Kier alpha value is -1.54. The first-order chi connectivity index (χ1) is 11.7. The predicted molar refractivity (Wildman–Crippen MR) is 92.8 cm³/mol. The van der Waals surface area contributed by atoms with Gasteiger partial charge in [-0.3, -0.25) is 14.7 Å². The number of carbonyl (C=O) groups is 1. The number of nitrogens with two attached hydrogens (primary N) is 1. The molecule has 3 heterocycles. The lowest BCUT2D eigenvalue weighted by atomic mass is 10.0. The third kappa shape index (κ3) is 4.17. The maximum atomic E-state index is 13.4. The third-order valence-electron chi connectivity index (χ3n) is 5.22. The Morgan fingerprint density at radius 2 is 2.08 bits per heavy atom. The standard InChI is InChI=1S/C17H27F2N5O/c1-22-5-3-14(20)13(10-22)15-16(25)23(2)8-12(7-21-15)9-24-6-4-17(18,19)11-24/h12H,3-11,20H2,1-2H3. The maximum absolute atomic E-state index is 13.4. The van der Waals surface area contributed by atoms with E-state index in [0.717, 1.165) is 24.2 Å². The van der Waals surface area contributed by atoms with Crippen LogP contribution in [0.1, 0.15) is 12.8 Å². The van der Waals surface area contributed by atoms with E-state index in [-0.39, 0.29) is 24.8 Å². The van der Waals surface area contributed by atoms with Gasteiger partial charge in [-0.05, 0) is 7.05 Å². The van der Waals surface area contributed by atoms with Crippen LogP contribution in [0.2, 0.25) is 0 Å². The topological polar surface area (TPSA) is 65.2 Å². The van der Waals surface area contributed by atoms with Crippen molar-refractivity contribution in [3.05, 3.63) is 11.3 Å². The van der Waals surface area contributed by atoms with E-state index in [1.54, 1.807) is 16.8 Å². The molecule has 3 aliphatic heterocycles. The van der Waals surface area contributed by atoms with E-state index < -0.39 is 5.92 Å². The van der Waals surface area contributed by atoms with Gasteiger partial charge in [0, 0.05) is 76.3 Å². The van der Waals surface area contributed by atoms with Crippen molar-refractivity contribution in [2.45, 2.75) is 18.8 Å². The second kappa shape index (κ2) is 6.99. The minimum Gasteiger partial charge on any atom is -0.402 e. The molecule has 0 spiro atoms. The number of likely N-dealkylation sites (N-methyl/N-ethyl adjacent to an activating group) is 1. The summed E-state index contributed by atoms with van der Waals surface area (Å²) in [6.45, 7) is 3.23. The normalized spacial score (nSPS) is 29.1. The van der Waals surface area contributed by atoms with Crippen LogP contribution in [0.4, 0.5) is 8.78 Å². The van der Waals surface area contributed by atoms with Gasteiger partial charge in [0.05, 0.1) is 6.54 Å². The van der Waals surface area contributed by atoms with Crippen LogP contribution in [-0.2, 0) is 4.79 Å². The summed E-state index contributed by atoms with van der Waals surface area (Å²) < 4.78 is 26.8. The van der Waals surface area contributed by atoms with Crippen LogP contribution in [0.25, 0.3) is 0 Å². The highest BCUT2D eigenvalue weighted by Gasteiger charge is 2.39. The summed E-state index contributed by atoms with van der Waals surface area (Å²) in [6.07, 6.45) is 0.646. The van der Waals surface area contributed by atoms with Crippen molar-refractivity contribution < 1.29 is 13.6 Å². The first-order valence-electron chi connectivity index (χ1n) is 8.81. The fourth-order valence-corrected chi connectivity index (χ4v) is 3.80. The average molecular weight is 355 g/mol. The lowest BCUT2D eigenvalue weighted by Gasteiger charge is -2.27. The molecule has 0 aromatic heterocycles. The number of amides is 1. The van der Waals surface area contributed by atoms with Crippen LogP contribution in [0.15, 0.2) is 16.3 Å². The second-order valence-electron chi connectivity index (χ2n) is 7.57. The summed E-state index contributed by atoms with van der Waals surface area (Å²) in [4.78, 5) is 22.9. The first-order valence-corrected chi connectivity index (χ1v) is 8.81. The van der Waals surface area contributed by atoms with Crippen LogP contribution in [0, 0.1) is 5.92 Å². The molecular weight excluding hydrogens is 328 g/mol. The summed E-state index contributed by atoms with van der Waals surface area (Å²) in [5, 5.41) is 0. The largest absolute Gasteiger partial charge is 0.402 e. The van der Waals surface area contributed by atoms with Crippen LogP contribution in [0.5, 0.6) is 0 Å². The molecule has 2 N–H and O–H groups in total. The smallest absolute Gasteiger partial charge is 0.272 e. The van der Waals surface area contributed by atoms with E-state index in [9.17, 15) is 13.6 Å². The number of rotatable bonds is 3. The Morgan fingerprint density at radius 3 is 2.76 bits per heavy atom. The summed E-state index contributed by atoms with van der Waals surface area (Å²) in [5.74, 6) is -2.65. The lowest BCUT2D eigenvalue weighted by Crippen LogP contribution is -2.41. The second-order valence-corrected chi connectivity index (χ2v) is 7.57. The zero-order valence-corrected chi connectivity index (χ0v) is 15.0. The lowest BCUT2D eigenvalue weighted by molar-refractivity contribution is -0.123. The summed E-state index contributed by atoms with van der Waals surface area (Å²) in [5.41, 5.74) is 8.13. The Kier molecular flexibility index (Phi) is 5.11. The quantitative estimate of drug-likeness (QED) is 0.796. The number of hydrogen-bond acceptors (Lipinski definition) is 5. The van der Waals surface area contributed by atoms with E-state index in [0.29, 0.717) is 38.4 Å². The van der Waals surface area contributed by atoms with E-state index in [1.807, 2.05) is 7.05 Å². The molecule has 3 rings (SSSR count). The molecule has 8 heteroatoms. The monoisotopic (exact) mass is 355 g/mol. The number of nitrogens with zero attached hydrogens (tertiary/aromatic N) is 4. The first kappa shape index (κ1) is 18.3. The van der Waals surface area contributed by atoms with Crippen molar-refractivity contribution in [1.82, 2.24) is 14.7 Å². The molecule has 1 unspecified atom stereocenters. The molecule has 0 aromatic rings. The molecule has 0 aromatic carbocycles. The predicted octanol–water partition coefficient (Wildman–Crippen LogP) is 0.405. The highest BCUT2D eigenvalue weighted by molar-refractivity contribution is 6.45. The molecule has 3 aliphatic rings. The SMILES string of the molecule is CN1CCC(N)=C(C2=NCC(CN3CCC(F)(F)C3)CN(C)C2=O)C1. The van der Waals surface area contributed by atoms with Gasteiger partial charge in [0.25, 0.3) is 11.8 Å². The van der Waals surface area contributed by atoms with Crippen molar-refractivity contribution in [3.8, 4) is 0 Å². The van der Waals surface area contributed by atoms with Gasteiger partial charge >= 0.3 is 0 Å². The number of halogens is 2. The average Bonchev–Trinajstić information content (AvgIpc) is 2.81. The Labute approximate surface area is 147 Å². The van der Waals surface area contributed by atoms with Gasteiger partial charge in [0.1, 0.15) is 5.71 Å². The Bertz CT molecular complexity index is 604. The van der Waals surface area contributed by atoms with Gasteiger partial charge in [-0.1, -0.05) is 0 Å². The van der Waals surface area contributed by atoms with E-state index in [4.69, 9.17) is 5.73 Å². The van der Waals surface area contributed by atoms with E-state index >= 15 is 0 Å². The summed E-state index contributed by atoms with van der Waals surface area (Å²) >= 11 is 0. The maximum Gasteiger partial charge on any atom is 0.272 e. The van der Waals surface area contributed by atoms with Crippen molar-refractivity contribution in [1.29, 1.82) is 0 Å². The van der Waals surface area contributed by atoms with Crippen LogP contribution in [0.3, 0.4) is 0 Å². The molecule has 0 aliphatic carbocycles. The van der Waals surface area contributed by atoms with Gasteiger partial charge in [0.15, 0.2) is 0 Å². The summed E-state index contributed by atoms with van der Waals surface area (Å²) in [6, 6.07) is 0. The van der Waals surface area contributed by atoms with Crippen LogP contribution < -0.4 is 5.73 Å². The zero-order valence-electron chi connectivity index (χ0n) is 15.0. The van der Waals surface area contributed by atoms with E-state index in [2.05, 4.69) is 9.89 Å². The molecule has 1 amide bonds. The minimum absolute atomic E-state index is 0.0588. The molecule has 1 saturated heterocycles. The number of alkyl halides is 2. The molecule has 0 bridgehead atoms. The highest BCUT2D eigenvalue weighted by Crippen LogP contribution is 2.28. The van der Waals surface area contributed by atoms with Crippen LogP contribution >= 0.6 is 0 Å². The van der Waals surface area contributed by atoms with Crippen molar-refractivity contribution in [2.24, 2.45) is 16.6 Å².